The first kappa shape index (κ1) is 26.8. The highest BCUT2D eigenvalue weighted by molar-refractivity contribution is 6.36. The molecule has 6 nitrogen and oxygen atoms in total. The van der Waals surface area contributed by atoms with Gasteiger partial charge in [0.2, 0.25) is 0 Å². The molecular weight excluding hydrogens is 532 g/mol. The SMILES string of the molecule is C[C@H](Oc1ccc(Cl)cc1Cl)C(=O)N[C@@H](Cc1ccccc1)C(=O)N/N=C\c1ccc(Cl)cc1Cl. The number of ether oxygens (including phenoxy) is 1. The van der Waals surface area contributed by atoms with Crippen LogP contribution >= 0.6 is 46.4 Å². The molecule has 0 fully saturated rings. The molecule has 35 heavy (non-hydrogen) atoms. The minimum atomic E-state index is -0.934. The number of nitrogens with zero attached hydrogens (tertiary/aromatic N) is 1. The van der Waals surface area contributed by atoms with E-state index < -0.39 is 24.0 Å². The highest BCUT2D eigenvalue weighted by Crippen LogP contribution is 2.28. The maximum absolute atomic E-state index is 12.9. The van der Waals surface area contributed by atoms with Crippen LogP contribution in [0.2, 0.25) is 20.1 Å². The molecule has 0 aliphatic rings. The molecule has 3 aromatic carbocycles. The molecule has 0 bridgehead atoms. The molecule has 0 saturated carbocycles. The van der Waals surface area contributed by atoms with Gasteiger partial charge in [-0.3, -0.25) is 9.59 Å². The molecule has 0 spiro atoms. The van der Waals surface area contributed by atoms with Crippen LogP contribution < -0.4 is 15.5 Å². The molecule has 3 rings (SSSR count). The molecule has 10 heteroatoms. The van der Waals surface area contributed by atoms with E-state index in [0.717, 1.165) is 5.56 Å². The number of carbonyl (C=O) groups is 2. The van der Waals surface area contributed by atoms with Crippen molar-refractivity contribution in [1.29, 1.82) is 0 Å². The van der Waals surface area contributed by atoms with Crippen molar-refractivity contribution in [3.05, 3.63) is 97.9 Å². The Morgan fingerprint density at radius 2 is 1.57 bits per heavy atom. The fourth-order valence-corrected chi connectivity index (χ4v) is 3.92. The number of hydrogen-bond acceptors (Lipinski definition) is 4. The van der Waals surface area contributed by atoms with E-state index in [0.29, 0.717) is 26.4 Å². The highest BCUT2D eigenvalue weighted by Gasteiger charge is 2.25. The van der Waals surface area contributed by atoms with Gasteiger partial charge in [-0.15, -0.1) is 0 Å². The van der Waals surface area contributed by atoms with Crippen molar-refractivity contribution in [3.63, 3.8) is 0 Å². The van der Waals surface area contributed by atoms with Crippen LogP contribution in [-0.4, -0.2) is 30.2 Å². The van der Waals surface area contributed by atoms with Gasteiger partial charge in [0.25, 0.3) is 11.8 Å². The molecule has 0 aliphatic carbocycles. The van der Waals surface area contributed by atoms with E-state index in [-0.39, 0.29) is 11.4 Å². The van der Waals surface area contributed by atoms with Gasteiger partial charge in [-0.25, -0.2) is 5.43 Å². The smallest absolute Gasteiger partial charge is 0.262 e. The summed E-state index contributed by atoms with van der Waals surface area (Å²) in [5, 5.41) is 8.27. The van der Waals surface area contributed by atoms with Gasteiger partial charge >= 0.3 is 0 Å². The van der Waals surface area contributed by atoms with Crippen LogP contribution in [0.5, 0.6) is 5.75 Å². The van der Waals surface area contributed by atoms with E-state index in [4.69, 9.17) is 51.1 Å². The summed E-state index contributed by atoms with van der Waals surface area (Å²) < 4.78 is 5.67. The number of rotatable bonds is 9. The second-order valence-electron chi connectivity index (χ2n) is 7.49. The largest absolute Gasteiger partial charge is 0.479 e. The van der Waals surface area contributed by atoms with Crippen LogP contribution in [-0.2, 0) is 16.0 Å². The summed E-state index contributed by atoms with van der Waals surface area (Å²) in [6.45, 7) is 1.55. The lowest BCUT2D eigenvalue weighted by Gasteiger charge is -2.21. The van der Waals surface area contributed by atoms with Crippen molar-refractivity contribution in [2.75, 3.05) is 0 Å². The summed E-state index contributed by atoms with van der Waals surface area (Å²) >= 11 is 24.1. The predicted octanol–water partition coefficient (Wildman–Crippen LogP) is 5.95. The third-order valence-corrected chi connectivity index (χ3v) is 5.92. The Labute approximate surface area is 223 Å². The molecular formula is C25H21Cl4N3O3. The maximum atomic E-state index is 12.9. The van der Waals surface area contributed by atoms with Crippen LogP contribution in [0.4, 0.5) is 0 Å². The monoisotopic (exact) mass is 551 g/mol. The lowest BCUT2D eigenvalue weighted by Crippen LogP contribution is -2.50. The summed E-state index contributed by atoms with van der Waals surface area (Å²) in [5.74, 6) is -0.718. The summed E-state index contributed by atoms with van der Waals surface area (Å²) in [4.78, 5) is 25.8. The molecule has 2 atom stereocenters. The van der Waals surface area contributed by atoms with E-state index >= 15 is 0 Å². The third kappa shape index (κ3) is 8.15. The number of halogens is 4. The second-order valence-corrected chi connectivity index (χ2v) is 9.17. The number of amides is 2. The first-order chi connectivity index (χ1) is 16.7. The first-order valence-electron chi connectivity index (χ1n) is 10.5. The molecule has 182 valence electrons. The number of benzene rings is 3. The fourth-order valence-electron chi connectivity index (χ4n) is 3.01. The summed E-state index contributed by atoms with van der Waals surface area (Å²) in [7, 11) is 0. The quantitative estimate of drug-likeness (QED) is 0.254. The van der Waals surface area contributed by atoms with E-state index in [2.05, 4.69) is 15.8 Å². The van der Waals surface area contributed by atoms with Crippen molar-refractivity contribution < 1.29 is 14.3 Å². The molecule has 2 N–H and O–H groups in total. The van der Waals surface area contributed by atoms with E-state index in [1.807, 2.05) is 30.3 Å². The van der Waals surface area contributed by atoms with Crippen molar-refractivity contribution in [3.8, 4) is 5.75 Å². The minimum absolute atomic E-state index is 0.240. The molecule has 3 aromatic rings. The normalized spacial score (nSPS) is 12.7. The number of hydrazone groups is 1. The average Bonchev–Trinajstić information content (AvgIpc) is 2.82. The van der Waals surface area contributed by atoms with Gasteiger partial charge in [0.15, 0.2) is 6.10 Å². The third-order valence-electron chi connectivity index (χ3n) is 4.82. The molecule has 0 aromatic heterocycles. The standard InChI is InChI=1S/C25H21Cl4N3O3/c1-15(35-23-10-9-19(27)13-21(23)29)24(33)31-22(11-16-5-3-2-4-6-16)25(34)32-30-14-17-7-8-18(26)12-20(17)28/h2-10,12-15,22H,11H2,1H3,(H,31,33)(H,32,34)/b30-14-/t15-,22-/m0/s1. The Morgan fingerprint density at radius 3 is 2.23 bits per heavy atom. The van der Waals surface area contributed by atoms with Gasteiger partial charge in [-0.05, 0) is 42.8 Å². The molecule has 0 unspecified atom stereocenters. The summed E-state index contributed by atoms with van der Waals surface area (Å²) in [6, 6.07) is 17.9. The Morgan fingerprint density at radius 1 is 0.914 bits per heavy atom. The maximum Gasteiger partial charge on any atom is 0.262 e. The van der Waals surface area contributed by atoms with Gasteiger partial charge in [0.05, 0.1) is 16.3 Å². The van der Waals surface area contributed by atoms with Crippen LogP contribution in [0, 0.1) is 0 Å². The van der Waals surface area contributed by atoms with Crippen molar-refractivity contribution in [2.24, 2.45) is 5.10 Å². The zero-order valence-corrected chi connectivity index (χ0v) is 21.5. The van der Waals surface area contributed by atoms with Crippen LogP contribution in [0.3, 0.4) is 0 Å². The Kier molecular flexibility index (Phi) is 9.81. The van der Waals surface area contributed by atoms with Crippen molar-refractivity contribution in [2.45, 2.75) is 25.5 Å². The number of carbonyl (C=O) groups excluding carboxylic acids is 2. The summed E-state index contributed by atoms with van der Waals surface area (Å²) in [5.41, 5.74) is 3.88. The topological polar surface area (TPSA) is 79.8 Å². The van der Waals surface area contributed by atoms with Gasteiger partial charge in [0.1, 0.15) is 11.8 Å². The van der Waals surface area contributed by atoms with E-state index in [1.165, 1.54) is 12.3 Å². The van der Waals surface area contributed by atoms with Crippen molar-refractivity contribution >= 4 is 64.4 Å². The Bertz CT molecular complexity index is 1220. The van der Waals surface area contributed by atoms with Crippen LogP contribution in [0.1, 0.15) is 18.1 Å². The predicted molar refractivity (Wildman–Crippen MR) is 141 cm³/mol. The van der Waals surface area contributed by atoms with Gasteiger partial charge in [0, 0.05) is 22.0 Å². The lowest BCUT2D eigenvalue weighted by atomic mass is 10.1. The minimum Gasteiger partial charge on any atom is -0.479 e. The lowest BCUT2D eigenvalue weighted by molar-refractivity contribution is -0.132. The first-order valence-corrected chi connectivity index (χ1v) is 12.0. The van der Waals surface area contributed by atoms with E-state index in [1.54, 1.807) is 37.3 Å². The van der Waals surface area contributed by atoms with Crippen LogP contribution in [0.15, 0.2) is 71.8 Å². The molecule has 0 heterocycles. The van der Waals surface area contributed by atoms with Gasteiger partial charge < -0.3 is 10.1 Å². The van der Waals surface area contributed by atoms with E-state index in [9.17, 15) is 9.59 Å². The second kappa shape index (κ2) is 12.8. The average molecular weight is 553 g/mol. The zero-order chi connectivity index (χ0) is 25.4. The zero-order valence-electron chi connectivity index (χ0n) is 18.5. The highest BCUT2D eigenvalue weighted by atomic mass is 35.5. The molecule has 0 saturated heterocycles. The Balaban J connectivity index is 1.70. The molecule has 0 aliphatic heterocycles. The van der Waals surface area contributed by atoms with Crippen molar-refractivity contribution in [1.82, 2.24) is 10.7 Å². The molecule has 0 radical (unpaired) electrons. The number of nitrogens with one attached hydrogen (secondary N) is 2. The number of hydrogen-bond donors (Lipinski definition) is 2. The van der Waals surface area contributed by atoms with Gasteiger partial charge in [-0.2, -0.15) is 5.10 Å². The van der Waals surface area contributed by atoms with Gasteiger partial charge in [-0.1, -0.05) is 82.8 Å². The Hall–Kier alpha value is -2.77. The summed E-state index contributed by atoms with van der Waals surface area (Å²) in [6.07, 6.45) is 0.701. The van der Waals surface area contributed by atoms with Crippen LogP contribution in [0.25, 0.3) is 0 Å². The fraction of sp³-hybridized carbons (Fsp3) is 0.160. The molecule has 2 amide bonds.